The number of ether oxygens (including phenoxy) is 2. The molecule has 31 heavy (non-hydrogen) atoms. The van der Waals surface area contributed by atoms with E-state index in [1.807, 2.05) is 43.3 Å². The molecule has 1 aromatic heterocycles. The van der Waals surface area contributed by atoms with Crippen LogP contribution in [-0.4, -0.2) is 30.1 Å². The Hall–Kier alpha value is -3.21. The van der Waals surface area contributed by atoms with E-state index in [0.717, 1.165) is 18.4 Å². The Morgan fingerprint density at radius 1 is 1.00 bits per heavy atom. The van der Waals surface area contributed by atoms with Crippen molar-refractivity contribution in [1.29, 1.82) is 0 Å². The fourth-order valence-electron chi connectivity index (χ4n) is 3.03. The molecule has 2 rings (SSSR count). The number of carbonyl (C=O) groups excluding carboxylic acids is 2. The van der Waals surface area contributed by atoms with E-state index in [1.54, 1.807) is 19.9 Å². The van der Waals surface area contributed by atoms with Crippen LogP contribution in [0.5, 0.6) is 0 Å². The number of carbonyl (C=O) groups is 2. The van der Waals surface area contributed by atoms with Gasteiger partial charge in [0, 0.05) is 5.56 Å². The number of rotatable bonds is 9. The largest absolute Gasteiger partial charge is 0.461 e. The first-order chi connectivity index (χ1) is 14.8. The predicted octanol–water partition coefficient (Wildman–Crippen LogP) is 6.08. The van der Waals surface area contributed by atoms with Gasteiger partial charge in [-0.15, -0.1) is 0 Å². The normalized spacial score (nSPS) is 11.1. The highest BCUT2D eigenvalue weighted by Gasteiger charge is 2.21. The second-order valence-electron chi connectivity index (χ2n) is 7.57. The maximum absolute atomic E-state index is 12.7. The van der Waals surface area contributed by atoms with Crippen molar-refractivity contribution < 1.29 is 19.1 Å². The Labute approximate surface area is 184 Å². The van der Waals surface area contributed by atoms with Gasteiger partial charge < -0.3 is 9.47 Å². The number of aryl methyl sites for hydroxylation is 1. The molecule has 164 valence electrons. The first kappa shape index (κ1) is 24.1. The third-order valence-corrected chi connectivity index (χ3v) is 4.72. The van der Waals surface area contributed by atoms with Crippen LogP contribution in [0.3, 0.4) is 0 Å². The molecule has 0 bridgehead atoms. The van der Waals surface area contributed by atoms with Crippen LogP contribution < -0.4 is 0 Å². The average molecular weight is 422 g/mol. The summed E-state index contributed by atoms with van der Waals surface area (Å²) in [5, 5.41) is 0. The molecule has 1 aromatic carbocycles. The highest BCUT2D eigenvalue weighted by molar-refractivity contribution is 5.99. The summed E-state index contributed by atoms with van der Waals surface area (Å²) >= 11 is 0. The lowest BCUT2D eigenvalue weighted by Gasteiger charge is -2.13. The molecule has 5 heteroatoms. The highest BCUT2D eigenvalue weighted by Crippen LogP contribution is 2.26. The standard InChI is InChI=1S/C26H31NO4/c1-6-30-26(29)24-23(21-13-8-7-9-14-21)17-22(20(5)27-24)25(28)31-16-15-19(4)12-10-11-18(2)3/h7-9,11,13-15,17H,6,10,12,16H2,1-5H3/b19-15+. The first-order valence-electron chi connectivity index (χ1n) is 10.5. The van der Waals surface area contributed by atoms with Crippen LogP contribution >= 0.6 is 0 Å². The maximum Gasteiger partial charge on any atom is 0.357 e. The SMILES string of the molecule is CCOC(=O)c1nc(C)c(C(=O)OC/C=C(\C)CCC=C(C)C)cc1-c1ccccc1. The van der Waals surface area contributed by atoms with Crippen LogP contribution in [0.2, 0.25) is 0 Å². The minimum atomic E-state index is -0.515. The summed E-state index contributed by atoms with van der Waals surface area (Å²) < 4.78 is 10.6. The lowest BCUT2D eigenvalue weighted by atomic mass is 10.0. The van der Waals surface area contributed by atoms with Crippen LogP contribution in [0.15, 0.2) is 59.7 Å². The molecule has 0 fully saturated rings. The average Bonchev–Trinajstić information content (AvgIpc) is 2.74. The molecule has 0 N–H and O–H groups in total. The number of hydrogen-bond acceptors (Lipinski definition) is 5. The third kappa shape index (κ3) is 7.21. The zero-order valence-electron chi connectivity index (χ0n) is 19.0. The quantitative estimate of drug-likeness (QED) is 0.362. The Kier molecular flexibility index (Phi) is 9.19. The van der Waals surface area contributed by atoms with Crippen molar-refractivity contribution >= 4 is 11.9 Å². The smallest absolute Gasteiger partial charge is 0.357 e. The van der Waals surface area contributed by atoms with Crippen molar-refractivity contribution in [2.24, 2.45) is 0 Å². The van der Waals surface area contributed by atoms with E-state index in [1.165, 1.54) is 11.1 Å². The van der Waals surface area contributed by atoms with Crippen LogP contribution in [0.4, 0.5) is 0 Å². The third-order valence-electron chi connectivity index (χ3n) is 4.72. The van der Waals surface area contributed by atoms with E-state index in [9.17, 15) is 9.59 Å². The van der Waals surface area contributed by atoms with Crippen LogP contribution in [0.1, 0.15) is 67.1 Å². The van der Waals surface area contributed by atoms with Crippen molar-refractivity contribution in [2.75, 3.05) is 13.2 Å². The molecule has 2 aromatic rings. The summed E-state index contributed by atoms with van der Waals surface area (Å²) in [6, 6.07) is 11.0. The van der Waals surface area contributed by atoms with Crippen molar-refractivity contribution in [3.8, 4) is 11.1 Å². The van der Waals surface area contributed by atoms with Crippen molar-refractivity contribution in [2.45, 2.75) is 47.5 Å². The van der Waals surface area contributed by atoms with Gasteiger partial charge in [0.2, 0.25) is 0 Å². The fraction of sp³-hybridized carbons (Fsp3) is 0.346. The number of nitrogens with zero attached hydrogens (tertiary/aromatic N) is 1. The lowest BCUT2D eigenvalue weighted by Crippen LogP contribution is -2.14. The van der Waals surface area contributed by atoms with E-state index in [0.29, 0.717) is 16.8 Å². The molecule has 1 heterocycles. The van der Waals surface area contributed by atoms with E-state index < -0.39 is 11.9 Å². The molecule has 0 aliphatic carbocycles. The van der Waals surface area contributed by atoms with Crippen LogP contribution in [0.25, 0.3) is 11.1 Å². The van der Waals surface area contributed by atoms with E-state index in [2.05, 4.69) is 24.9 Å². The van der Waals surface area contributed by atoms with E-state index in [4.69, 9.17) is 9.47 Å². The molecule has 0 saturated heterocycles. The molecular weight excluding hydrogens is 390 g/mol. The van der Waals surface area contributed by atoms with Gasteiger partial charge in [0.05, 0.1) is 17.9 Å². The van der Waals surface area contributed by atoms with Gasteiger partial charge in [-0.3, -0.25) is 0 Å². The molecule has 0 radical (unpaired) electrons. The molecule has 0 saturated carbocycles. The summed E-state index contributed by atoms with van der Waals surface area (Å²) in [5.74, 6) is -0.981. The second kappa shape index (κ2) is 11.8. The molecule has 0 unspecified atom stereocenters. The minimum Gasteiger partial charge on any atom is -0.461 e. The number of hydrogen-bond donors (Lipinski definition) is 0. The van der Waals surface area contributed by atoms with Crippen molar-refractivity contribution in [1.82, 2.24) is 4.98 Å². The topological polar surface area (TPSA) is 65.5 Å². The minimum absolute atomic E-state index is 0.192. The summed E-state index contributed by atoms with van der Waals surface area (Å²) in [6.07, 6.45) is 6.01. The van der Waals surface area contributed by atoms with Gasteiger partial charge in [-0.25, -0.2) is 14.6 Å². The van der Waals surface area contributed by atoms with Crippen LogP contribution in [-0.2, 0) is 9.47 Å². The molecular formula is C26H31NO4. The molecule has 0 atom stereocenters. The molecule has 0 aliphatic heterocycles. The lowest BCUT2D eigenvalue weighted by molar-refractivity contribution is 0.0512. The number of esters is 2. The first-order valence-corrected chi connectivity index (χ1v) is 10.5. The van der Waals surface area contributed by atoms with E-state index >= 15 is 0 Å². The summed E-state index contributed by atoms with van der Waals surface area (Å²) in [5.41, 5.74) is 4.74. The number of aromatic nitrogens is 1. The van der Waals surface area contributed by atoms with Crippen LogP contribution in [0, 0.1) is 6.92 Å². The zero-order valence-corrected chi connectivity index (χ0v) is 19.0. The van der Waals surface area contributed by atoms with E-state index in [-0.39, 0.29) is 18.9 Å². The summed E-state index contributed by atoms with van der Waals surface area (Å²) in [7, 11) is 0. The van der Waals surface area contributed by atoms with Gasteiger partial charge in [0.15, 0.2) is 5.69 Å². The maximum atomic E-state index is 12.7. The van der Waals surface area contributed by atoms with Gasteiger partial charge in [-0.1, -0.05) is 47.6 Å². The predicted molar refractivity (Wildman–Crippen MR) is 123 cm³/mol. The Bertz CT molecular complexity index is 970. The number of pyridine rings is 1. The fourth-order valence-corrected chi connectivity index (χ4v) is 3.03. The molecule has 0 spiro atoms. The highest BCUT2D eigenvalue weighted by atomic mass is 16.5. The van der Waals surface area contributed by atoms with Gasteiger partial charge in [0.1, 0.15) is 6.61 Å². The Morgan fingerprint density at radius 2 is 1.71 bits per heavy atom. The molecule has 5 nitrogen and oxygen atoms in total. The number of allylic oxidation sites excluding steroid dienone is 3. The van der Waals surface area contributed by atoms with Crippen molar-refractivity contribution in [3.05, 3.63) is 76.6 Å². The van der Waals surface area contributed by atoms with Gasteiger partial charge in [0.25, 0.3) is 0 Å². The monoisotopic (exact) mass is 421 g/mol. The molecule has 0 aliphatic rings. The Balaban J connectivity index is 2.23. The van der Waals surface area contributed by atoms with Gasteiger partial charge in [-0.05, 0) is 65.2 Å². The number of benzene rings is 1. The second-order valence-corrected chi connectivity index (χ2v) is 7.57. The zero-order chi connectivity index (χ0) is 22.8. The van der Waals surface area contributed by atoms with Gasteiger partial charge >= 0.3 is 11.9 Å². The van der Waals surface area contributed by atoms with Crippen molar-refractivity contribution in [3.63, 3.8) is 0 Å². The Morgan fingerprint density at radius 3 is 2.35 bits per heavy atom. The van der Waals surface area contributed by atoms with Gasteiger partial charge in [-0.2, -0.15) is 0 Å². The summed E-state index contributed by atoms with van der Waals surface area (Å²) in [6.45, 7) is 10.1. The molecule has 0 amide bonds. The summed E-state index contributed by atoms with van der Waals surface area (Å²) in [4.78, 5) is 29.6.